The maximum Gasteiger partial charge on any atom is 0.126 e. The fraction of sp³-hybridized carbons (Fsp3) is 0.389. The van der Waals surface area contributed by atoms with Gasteiger partial charge in [-0.25, -0.2) is 4.39 Å². The van der Waals surface area contributed by atoms with Crippen LogP contribution < -0.4 is 5.32 Å². The van der Waals surface area contributed by atoms with E-state index >= 15 is 0 Å². The lowest BCUT2D eigenvalue weighted by molar-refractivity contribution is -0.0112. The Bertz CT molecular complexity index is 618. The number of aryl methyl sites for hydroxylation is 1. The highest BCUT2D eigenvalue weighted by Crippen LogP contribution is 2.28. The number of aromatic nitrogens is 1. The van der Waals surface area contributed by atoms with Crippen LogP contribution in [0, 0.1) is 12.7 Å². The highest BCUT2D eigenvalue weighted by Gasteiger charge is 2.26. The van der Waals surface area contributed by atoms with Crippen LogP contribution in [0.5, 0.6) is 0 Å². The first-order valence-corrected chi connectivity index (χ1v) is 7.74. The van der Waals surface area contributed by atoms with E-state index in [9.17, 15) is 4.39 Å². The van der Waals surface area contributed by atoms with Gasteiger partial charge in [-0.05, 0) is 54.7 Å². The van der Waals surface area contributed by atoms with Gasteiger partial charge >= 0.3 is 0 Å². The lowest BCUT2D eigenvalue weighted by Crippen LogP contribution is -2.39. The maximum absolute atomic E-state index is 13.3. The molecule has 1 saturated heterocycles. The van der Waals surface area contributed by atoms with Crippen molar-refractivity contribution in [3.05, 3.63) is 65.2 Å². The van der Waals surface area contributed by atoms with Crippen molar-refractivity contribution in [3.8, 4) is 0 Å². The minimum Gasteiger partial charge on any atom is -0.372 e. The van der Waals surface area contributed by atoms with E-state index in [1.54, 1.807) is 19.3 Å². The Morgan fingerprint density at radius 3 is 2.86 bits per heavy atom. The number of hydrogen-bond donors (Lipinski definition) is 1. The van der Waals surface area contributed by atoms with Crippen LogP contribution in [0.3, 0.4) is 0 Å². The van der Waals surface area contributed by atoms with Crippen molar-refractivity contribution in [1.29, 1.82) is 0 Å². The highest BCUT2D eigenvalue weighted by molar-refractivity contribution is 5.24. The molecule has 1 aliphatic heterocycles. The molecule has 0 amide bonds. The first kappa shape index (κ1) is 15.1. The average molecular weight is 300 g/mol. The Balaban J connectivity index is 1.68. The average Bonchev–Trinajstić information content (AvgIpc) is 2.57. The van der Waals surface area contributed by atoms with Gasteiger partial charge in [0.25, 0.3) is 0 Å². The van der Waals surface area contributed by atoms with Crippen LogP contribution in [-0.4, -0.2) is 17.6 Å². The largest absolute Gasteiger partial charge is 0.372 e. The Hall–Kier alpha value is -1.78. The Kier molecular flexibility index (Phi) is 4.80. The molecule has 0 bridgehead atoms. The molecule has 1 aliphatic rings. The summed E-state index contributed by atoms with van der Waals surface area (Å²) in [5.41, 5.74) is 2.94. The Morgan fingerprint density at radius 1 is 1.27 bits per heavy atom. The van der Waals surface area contributed by atoms with Crippen molar-refractivity contribution in [1.82, 2.24) is 10.3 Å². The molecular formula is C18H21FN2O. The number of ether oxygens (including phenoxy) is 1. The standard InChI is InChI=1S/C18H21FN2O/c1-13-11-14(4-5-16(13)19)12-21-17-3-2-10-22-18(17)15-6-8-20-9-7-15/h4-9,11,17-18,21H,2-3,10,12H2,1H3/t17-,18+/m0/s1. The predicted molar refractivity (Wildman–Crippen MR) is 83.9 cm³/mol. The van der Waals surface area contributed by atoms with E-state index < -0.39 is 0 Å². The number of hydrogen-bond acceptors (Lipinski definition) is 3. The van der Waals surface area contributed by atoms with Gasteiger partial charge < -0.3 is 10.1 Å². The summed E-state index contributed by atoms with van der Waals surface area (Å²) in [5.74, 6) is -0.153. The van der Waals surface area contributed by atoms with E-state index in [-0.39, 0.29) is 18.0 Å². The molecule has 2 aromatic rings. The third-order valence-corrected chi connectivity index (χ3v) is 4.15. The normalized spacial score (nSPS) is 21.7. The van der Waals surface area contributed by atoms with Crippen molar-refractivity contribution in [2.75, 3.05) is 6.61 Å². The second-order valence-electron chi connectivity index (χ2n) is 5.79. The van der Waals surface area contributed by atoms with Gasteiger partial charge in [-0.3, -0.25) is 4.98 Å². The van der Waals surface area contributed by atoms with Crippen LogP contribution in [0.25, 0.3) is 0 Å². The van der Waals surface area contributed by atoms with Gasteiger partial charge in [-0.15, -0.1) is 0 Å². The second-order valence-corrected chi connectivity index (χ2v) is 5.79. The zero-order valence-electron chi connectivity index (χ0n) is 12.8. The SMILES string of the molecule is Cc1cc(CN[C@H]2CCCO[C@@H]2c2ccncc2)ccc1F. The molecule has 4 heteroatoms. The van der Waals surface area contributed by atoms with Gasteiger partial charge in [-0.1, -0.05) is 12.1 Å². The summed E-state index contributed by atoms with van der Waals surface area (Å²) in [4.78, 5) is 4.07. The number of benzene rings is 1. The molecule has 0 spiro atoms. The van der Waals surface area contributed by atoms with Crippen molar-refractivity contribution < 1.29 is 9.13 Å². The molecule has 0 aliphatic carbocycles. The number of pyridine rings is 1. The molecule has 3 rings (SSSR count). The van der Waals surface area contributed by atoms with E-state index in [0.717, 1.165) is 37.1 Å². The summed E-state index contributed by atoms with van der Waals surface area (Å²) >= 11 is 0. The van der Waals surface area contributed by atoms with Gasteiger partial charge in [0.1, 0.15) is 5.82 Å². The molecule has 0 unspecified atom stereocenters. The molecule has 1 aromatic carbocycles. The monoisotopic (exact) mass is 300 g/mol. The molecule has 1 fully saturated rings. The lowest BCUT2D eigenvalue weighted by Gasteiger charge is -2.33. The van der Waals surface area contributed by atoms with Crippen molar-refractivity contribution >= 4 is 0 Å². The molecule has 2 heterocycles. The van der Waals surface area contributed by atoms with E-state index in [2.05, 4.69) is 10.3 Å². The van der Waals surface area contributed by atoms with Gasteiger partial charge in [0, 0.05) is 31.6 Å². The smallest absolute Gasteiger partial charge is 0.126 e. The minimum absolute atomic E-state index is 0.0540. The summed E-state index contributed by atoms with van der Waals surface area (Å²) in [6.45, 7) is 3.31. The summed E-state index contributed by atoms with van der Waals surface area (Å²) in [6, 6.07) is 9.54. The first-order chi connectivity index (χ1) is 10.7. The van der Waals surface area contributed by atoms with Crippen LogP contribution in [0.2, 0.25) is 0 Å². The topological polar surface area (TPSA) is 34.1 Å². The lowest BCUT2D eigenvalue weighted by atomic mass is 9.96. The van der Waals surface area contributed by atoms with Crippen LogP contribution in [0.1, 0.15) is 35.6 Å². The molecule has 1 aromatic heterocycles. The van der Waals surface area contributed by atoms with E-state index in [1.165, 1.54) is 6.07 Å². The fourth-order valence-corrected chi connectivity index (χ4v) is 2.94. The Labute approximate surface area is 130 Å². The van der Waals surface area contributed by atoms with Crippen LogP contribution >= 0.6 is 0 Å². The zero-order valence-corrected chi connectivity index (χ0v) is 12.8. The van der Waals surface area contributed by atoms with Crippen LogP contribution in [0.15, 0.2) is 42.7 Å². The van der Waals surface area contributed by atoms with Crippen molar-refractivity contribution in [2.24, 2.45) is 0 Å². The van der Waals surface area contributed by atoms with Crippen molar-refractivity contribution in [3.63, 3.8) is 0 Å². The maximum atomic E-state index is 13.3. The van der Waals surface area contributed by atoms with E-state index in [4.69, 9.17) is 4.74 Å². The van der Waals surface area contributed by atoms with Crippen LogP contribution in [0.4, 0.5) is 4.39 Å². The molecule has 0 radical (unpaired) electrons. The minimum atomic E-state index is -0.153. The number of nitrogens with zero attached hydrogens (tertiary/aromatic N) is 1. The van der Waals surface area contributed by atoms with Crippen molar-refractivity contribution in [2.45, 2.75) is 38.5 Å². The fourth-order valence-electron chi connectivity index (χ4n) is 2.94. The van der Waals surface area contributed by atoms with Gasteiger partial charge in [-0.2, -0.15) is 0 Å². The summed E-state index contributed by atoms with van der Waals surface area (Å²) in [6.07, 6.45) is 5.79. The first-order valence-electron chi connectivity index (χ1n) is 7.74. The Morgan fingerprint density at radius 2 is 2.09 bits per heavy atom. The van der Waals surface area contributed by atoms with Gasteiger partial charge in [0.05, 0.1) is 6.10 Å². The predicted octanol–water partition coefficient (Wildman–Crippen LogP) is 3.54. The molecule has 116 valence electrons. The number of rotatable bonds is 4. The molecule has 1 N–H and O–H groups in total. The second kappa shape index (κ2) is 6.99. The summed E-state index contributed by atoms with van der Waals surface area (Å²) in [5, 5.41) is 3.57. The van der Waals surface area contributed by atoms with Gasteiger partial charge in [0.2, 0.25) is 0 Å². The van der Waals surface area contributed by atoms with Gasteiger partial charge in [0.15, 0.2) is 0 Å². The van der Waals surface area contributed by atoms with E-state index in [0.29, 0.717) is 5.56 Å². The van der Waals surface area contributed by atoms with E-state index in [1.807, 2.05) is 24.3 Å². The quantitative estimate of drug-likeness (QED) is 0.938. The number of nitrogens with one attached hydrogen (secondary N) is 1. The molecule has 22 heavy (non-hydrogen) atoms. The zero-order chi connectivity index (χ0) is 15.4. The summed E-state index contributed by atoms with van der Waals surface area (Å²) < 4.78 is 19.3. The molecule has 0 saturated carbocycles. The molecular weight excluding hydrogens is 279 g/mol. The third kappa shape index (κ3) is 3.51. The third-order valence-electron chi connectivity index (χ3n) is 4.15. The molecule has 2 atom stereocenters. The molecule has 3 nitrogen and oxygen atoms in total. The summed E-state index contributed by atoms with van der Waals surface area (Å²) in [7, 11) is 0. The number of halogens is 1. The van der Waals surface area contributed by atoms with Crippen LogP contribution in [-0.2, 0) is 11.3 Å². The highest BCUT2D eigenvalue weighted by atomic mass is 19.1.